The van der Waals surface area contributed by atoms with Gasteiger partial charge in [0, 0.05) is 23.2 Å². The molecular weight excluding hydrogens is 360 g/mol. The molecule has 28 heavy (non-hydrogen) atoms. The second-order valence-electron chi connectivity index (χ2n) is 10.1. The number of hydrogen-bond acceptors (Lipinski definition) is 6. The van der Waals surface area contributed by atoms with E-state index in [4.69, 9.17) is 18.9 Å². The van der Waals surface area contributed by atoms with Crippen LogP contribution in [0.3, 0.4) is 0 Å². The van der Waals surface area contributed by atoms with Crippen molar-refractivity contribution in [2.45, 2.75) is 65.1 Å². The molecule has 0 aromatic carbocycles. The summed E-state index contributed by atoms with van der Waals surface area (Å²) in [6, 6.07) is 0. The van der Waals surface area contributed by atoms with E-state index in [2.05, 4.69) is 27.7 Å². The summed E-state index contributed by atoms with van der Waals surface area (Å²) in [5.74, 6) is 1.26. The van der Waals surface area contributed by atoms with Crippen molar-refractivity contribution in [2.24, 2.45) is 40.4 Å². The molecule has 0 amide bonds. The first-order valence-corrected chi connectivity index (χ1v) is 10.6. The number of carbonyl (C=O) groups is 1. The fraction of sp³-hybridized carbons (Fsp3) is 0.864. The number of ether oxygens (including phenoxy) is 4. The van der Waals surface area contributed by atoms with Crippen molar-refractivity contribution in [1.82, 2.24) is 0 Å². The highest BCUT2D eigenvalue weighted by atomic mass is 16.7. The number of rotatable bonds is 1. The third kappa shape index (κ3) is 2.10. The average molecular weight is 392 g/mol. The molecule has 0 aromatic heterocycles. The van der Waals surface area contributed by atoms with Gasteiger partial charge in [-0.2, -0.15) is 0 Å². The van der Waals surface area contributed by atoms with Gasteiger partial charge in [-0.05, 0) is 36.2 Å². The normalized spacial score (nSPS) is 57.7. The second kappa shape index (κ2) is 6.03. The van der Waals surface area contributed by atoms with Crippen molar-refractivity contribution in [1.29, 1.82) is 0 Å². The smallest absolute Gasteiger partial charge is 0.203 e. The molecule has 0 aromatic rings. The van der Waals surface area contributed by atoms with Gasteiger partial charge in [0.05, 0.1) is 25.4 Å². The van der Waals surface area contributed by atoms with Gasteiger partial charge >= 0.3 is 0 Å². The van der Waals surface area contributed by atoms with Gasteiger partial charge in [0.1, 0.15) is 6.79 Å². The van der Waals surface area contributed by atoms with Gasteiger partial charge in [0.2, 0.25) is 5.78 Å². The minimum atomic E-state index is -0.755. The summed E-state index contributed by atoms with van der Waals surface area (Å²) in [6.07, 6.45) is 2.27. The Bertz CT molecular complexity index is 720. The Balaban J connectivity index is 1.71. The van der Waals surface area contributed by atoms with Crippen LogP contribution in [0, 0.1) is 40.4 Å². The third-order valence-electron chi connectivity index (χ3n) is 9.13. The van der Waals surface area contributed by atoms with Crippen molar-refractivity contribution in [2.75, 3.05) is 13.9 Å². The Labute approximate surface area is 166 Å². The zero-order valence-electron chi connectivity index (χ0n) is 17.4. The largest absolute Gasteiger partial charge is 0.493 e. The molecule has 0 radical (unpaired) electrons. The molecule has 0 unspecified atom stereocenters. The molecule has 2 heterocycles. The fourth-order valence-electron chi connectivity index (χ4n) is 7.95. The first-order chi connectivity index (χ1) is 13.2. The van der Waals surface area contributed by atoms with Gasteiger partial charge in [-0.15, -0.1) is 0 Å². The molecule has 5 rings (SSSR count). The van der Waals surface area contributed by atoms with E-state index in [0.717, 1.165) is 6.42 Å². The van der Waals surface area contributed by atoms with E-state index in [1.54, 1.807) is 7.11 Å². The molecule has 4 fully saturated rings. The van der Waals surface area contributed by atoms with E-state index in [1.807, 2.05) is 6.08 Å². The maximum Gasteiger partial charge on any atom is 0.203 e. The highest BCUT2D eigenvalue weighted by Crippen LogP contribution is 2.69. The van der Waals surface area contributed by atoms with Crippen molar-refractivity contribution < 1.29 is 28.8 Å². The number of hydrogen-bond donors (Lipinski definition) is 1. The van der Waals surface area contributed by atoms with Crippen LogP contribution in [0.25, 0.3) is 0 Å². The molecular formula is C22H32O6. The van der Waals surface area contributed by atoms with E-state index >= 15 is 0 Å². The number of aliphatic hydroxyl groups is 1. The Morgan fingerprint density at radius 2 is 1.86 bits per heavy atom. The number of carbonyl (C=O) groups excluding carboxylic acids is 1. The second-order valence-corrected chi connectivity index (χ2v) is 10.1. The van der Waals surface area contributed by atoms with Gasteiger partial charge in [0.25, 0.3) is 0 Å². The molecule has 11 atom stereocenters. The average Bonchev–Trinajstić information content (AvgIpc) is 3.12. The number of Topliss-reactive ketones (excluding diaryl/α,β-unsaturated/α-hetero) is 1. The molecule has 6 nitrogen and oxygen atoms in total. The number of aliphatic hydroxyl groups excluding tert-OH is 1. The summed E-state index contributed by atoms with van der Waals surface area (Å²) >= 11 is 0. The number of fused-ring (bicyclic) bond motifs is 4. The fourth-order valence-corrected chi connectivity index (χ4v) is 7.95. The zero-order valence-corrected chi connectivity index (χ0v) is 17.4. The van der Waals surface area contributed by atoms with E-state index in [0.29, 0.717) is 12.2 Å². The van der Waals surface area contributed by atoms with Crippen LogP contribution in [0.15, 0.2) is 11.8 Å². The maximum atomic E-state index is 13.7. The molecule has 0 bridgehead atoms. The molecule has 5 aliphatic rings. The first-order valence-electron chi connectivity index (χ1n) is 10.6. The van der Waals surface area contributed by atoms with Crippen LogP contribution < -0.4 is 0 Å². The van der Waals surface area contributed by atoms with Gasteiger partial charge in [-0.25, -0.2) is 0 Å². The lowest BCUT2D eigenvalue weighted by Crippen LogP contribution is -2.73. The number of methoxy groups -OCH3 is 1. The SMILES string of the molecule is COC1=C[C@@H](C)[C@@H]2C[C@H]3O[C@@H](O)C[C@H]4[C@@H](C)[C@@H]5OCO[C@H]5[C@H]([C@@]2(C)C1=O)[C@@]34C. The Morgan fingerprint density at radius 3 is 2.57 bits per heavy atom. The lowest BCUT2D eigenvalue weighted by atomic mass is 9.38. The summed E-state index contributed by atoms with van der Waals surface area (Å²) in [7, 11) is 1.58. The van der Waals surface area contributed by atoms with Crippen molar-refractivity contribution in [3.63, 3.8) is 0 Å². The summed E-state index contributed by atoms with van der Waals surface area (Å²) in [5, 5.41) is 10.5. The van der Waals surface area contributed by atoms with Crippen LogP contribution in [0.5, 0.6) is 0 Å². The molecule has 2 aliphatic heterocycles. The Morgan fingerprint density at radius 1 is 1.14 bits per heavy atom. The highest BCUT2D eigenvalue weighted by Gasteiger charge is 2.73. The number of allylic oxidation sites excluding steroid dienone is 2. The minimum absolute atomic E-state index is 0.0428. The topological polar surface area (TPSA) is 74.2 Å². The van der Waals surface area contributed by atoms with E-state index in [9.17, 15) is 9.90 Å². The predicted molar refractivity (Wildman–Crippen MR) is 99.8 cm³/mol. The van der Waals surface area contributed by atoms with Gasteiger partial charge in [-0.1, -0.05) is 27.7 Å². The summed E-state index contributed by atoms with van der Waals surface area (Å²) in [6.45, 7) is 9.00. The maximum absolute atomic E-state index is 13.7. The zero-order chi connectivity index (χ0) is 20.0. The third-order valence-corrected chi connectivity index (χ3v) is 9.13. The Kier molecular flexibility index (Phi) is 4.10. The summed E-state index contributed by atoms with van der Waals surface area (Å²) in [5.41, 5.74) is -0.865. The number of ketones is 1. The predicted octanol–water partition coefficient (Wildman–Crippen LogP) is 2.50. The van der Waals surface area contributed by atoms with E-state index in [-0.39, 0.29) is 65.9 Å². The van der Waals surface area contributed by atoms with Gasteiger partial charge < -0.3 is 24.1 Å². The van der Waals surface area contributed by atoms with E-state index in [1.165, 1.54) is 0 Å². The van der Waals surface area contributed by atoms with Gasteiger partial charge in [-0.3, -0.25) is 4.79 Å². The molecule has 156 valence electrons. The molecule has 1 N–H and O–H groups in total. The van der Waals surface area contributed by atoms with Crippen molar-refractivity contribution in [3.05, 3.63) is 11.8 Å². The molecule has 2 saturated carbocycles. The van der Waals surface area contributed by atoms with Crippen molar-refractivity contribution in [3.8, 4) is 0 Å². The Hall–Kier alpha value is -0.950. The molecule has 6 heteroatoms. The van der Waals surface area contributed by atoms with Gasteiger partial charge in [0.15, 0.2) is 12.0 Å². The molecule has 0 spiro atoms. The van der Waals surface area contributed by atoms with Crippen LogP contribution >= 0.6 is 0 Å². The molecule has 3 aliphatic carbocycles. The van der Waals surface area contributed by atoms with Crippen LogP contribution in [-0.2, 0) is 23.7 Å². The highest BCUT2D eigenvalue weighted by molar-refractivity contribution is 5.99. The minimum Gasteiger partial charge on any atom is -0.493 e. The van der Waals surface area contributed by atoms with Crippen LogP contribution in [0.2, 0.25) is 0 Å². The monoisotopic (exact) mass is 392 g/mol. The van der Waals surface area contributed by atoms with Crippen LogP contribution in [-0.4, -0.2) is 49.4 Å². The lowest BCUT2D eigenvalue weighted by Gasteiger charge is -2.69. The van der Waals surface area contributed by atoms with Crippen LogP contribution in [0.4, 0.5) is 0 Å². The van der Waals surface area contributed by atoms with E-state index < -0.39 is 11.7 Å². The quantitative estimate of drug-likeness (QED) is 0.739. The molecule has 2 saturated heterocycles. The standard InChI is InChI=1S/C22H32O6/c1-10-6-14(25-5)20(24)22(4)12(10)7-15-21(3)13(8-16(23)28-15)11(2)17-18(19(21)22)27-9-26-17/h6,10-13,15-19,23H,7-9H2,1-5H3/t10-,11-,12+,13+,15-,16-,17+,18-,19+,21-,22+/m1/s1. The first kappa shape index (κ1) is 19.0. The summed E-state index contributed by atoms with van der Waals surface area (Å²) in [4.78, 5) is 13.7. The van der Waals surface area contributed by atoms with Crippen LogP contribution in [0.1, 0.15) is 40.5 Å². The lowest BCUT2D eigenvalue weighted by molar-refractivity contribution is -0.314. The summed E-state index contributed by atoms with van der Waals surface area (Å²) < 4.78 is 23.9. The van der Waals surface area contributed by atoms with Crippen molar-refractivity contribution >= 4 is 5.78 Å².